The molecule has 0 amide bonds. The monoisotopic (exact) mass is 447 g/mol. The Bertz CT molecular complexity index is 973. The summed E-state index contributed by atoms with van der Waals surface area (Å²) >= 11 is 18.0. The summed E-state index contributed by atoms with van der Waals surface area (Å²) < 4.78 is 32.1. The third-order valence-electron chi connectivity index (χ3n) is 4.22. The fourth-order valence-corrected chi connectivity index (χ4v) is 5.24. The van der Waals surface area contributed by atoms with Crippen LogP contribution in [0.4, 0.5) is 0 Å². The van der Waals surface area contributed by atoms with E-state index in [1.807, 2.05) is 0 Å². The average Bonchev–Trinajstić information content (AvgIpc) is 3.16. The maximum atomic E-state index is 12.7. The van der Waals surface area contributed by atoms with E-state index in [4.69, 9.17) is 39.5 Å². The van der Waals surface area contributed by atoms with Gasteiger partial charge in [0.1, 0.15) is 11.5 Å². The molecule has 144 valence electrons. The number of halogens is 3. The second kappa shape index (κ2) is 8.37. The van der Waals surface area contributed by atoms with Gasteiger partial charge in [-0.25, -0.2) is 13.2 Å². The number of nitrogens with zero attached hydrogens (tertiary/aromatic N) is 1. The van der Waals surface area contributed by atoms with Crippen LogP contribution >= 0.6 is 34.8 Å². The minimum absolute atomic E-state index is 0.0638. The molecule has 0 aliphatic carbocycles. The van der Waals surface area contributed by atoms with Crippen LogP contribution in [0.1, 0.15) is 28.8 Å². The first kappa shape index (κ1) is 20.4. The van der Waals surface area contributed by atoms with E-state index in [-0.39, 0.29) is 22.1 Å². The van der Waals surface area contributed by atoms with Crippen molar-refractivity contribution in [2.24, 2.45) is 0 Å². The first-order valence-corrected chi connectivity index (χ1v) is 10.8. The minimum Gasteiger partial charge on any atom is -0.457 e. The number of carbonyl (C=O) groups is 1. The Balaban J connectivity index is 1.79. The van der Waals surface area contributed by atoms with Crippen LogP contribution in [0.15, 0.2) is 41.3 Å². The Morgan fingerprint density at radius 1 is 1.00 bits per heavy atom. The molecule has 5 nitrogen and oxygen atoms in total. The van der Waals surface area contributed by atoms with Gasteiger partial charge in [0.15, 0.2) is 0 Å². The van der Waals surface area contributed by atoms with Crippen molar-refractivity contribution in [3.8, 4) is 0 Å². The number of benzene rings is 2. The summed E-state index contributed by atoms with van der Waals surface area (Å²) in [5.74, 6) is -0.671. The summed E-state index contributed by atoms with van der Waals surface area (Å²) in [5.41, 5.74) is 0.690. The summed E-state index contributed by atoms with van der Waals surface area (Å²) in [6.45, 7) is 0.830. The van der Waals surface area contributed by atoms with E-state index in [0.29, 0.717) is 28.7 Å². The Morgan fingerprint density at radius 3 is 2.37 bits per heavy atom. The second-order valence-electron chi connectivity index (χ2n) is 6.07. The topological polar surface area (TPSA) is 63.7 Å². The van der Waals surface area contributed by atoms with Gasteiger partial charge in [0.05, 0.1) is 10.6 Å². The molecule has 0 bridgehead atoms. The zero-order valence-electron chi connectivity index (χ0n) is 14.1. The lowest BCUT2D eigenvalue weighted by atomic mass is 10.2. The molecule has 0 atom stereocenters. The molecule has 0 N–H and O–H groups in total. The van der Waals surface area contributed by atoms with Gasteiger partial charge >= 0.3 is 5.97 Å². The van der Waals surface area contributed by atoms with Gasteiger partial charge in [-0.2, -0.15) is 4.31 Å². The average molecular weight is 449 g/mol. The number of carbonyl (C=O) groups excluding carboxylic acids is 1. The zero-order valence-corrected chi connectivity index (χ0v) is 17.2. The zero-order chi connectivity index (χ0) is 19.6. The molecule has 1 fully saturated rings. The van der Waals surface area contributed by atoms with E-state index in [1.54, 1.807) is 18.2 Å². The molecule has 27 heavy (non-hydrogen) atoms. The Hall–Kier alpha value is -1.31. The molecule has 1 aliphatic heterocycles. The smallest absolute Gasteiger partial charge is 0.338 e. The Kier molecular flexibility index (Phi) is 6.33. The van der Waals surface area contributed by atoms with Crippen LogP contribution in [-0.4, -0.2) is 31.8 Å². The molecule has 3 rings (SSSR count). The van der Waals surface area contributed by atoms with Crippen molar-refractivity contribution in [1.29, 1.82) is 0 Å². The first-order chi connectivity index (χ1) is 12.8. The van der Waals surface area contributed by atoms with Crippen molar-refractivity contribution in [2.45, 2.75) is 24.3 Å². The maximum Gasteiger partial charge on any atom is 0.338 e. The van der Waals surface area contributed by atoms with Crippen LogP contribution < -0.4 is 0 Å². The van der Waals surface area contributed by atoms with E-state index in [1.165, 1.54) is 22.5 Å². The molecule has 0 radical (unpaired) electrons. The molecule has 0 spiro atoms. The molecule has 0 unspecified atom stereocenters. The van der Waals surface area contributed by atoms with Crippen molar-refractivity contribution < 1.29 is 17.9 Å². The number of hydrogen-bond donors (Lipinski definition) is 0. The Morgan fingerprint density at radius 2 is 1.70 bits per heavy atom. The van der Waals surface area contributed by atoms with Crippen LogP contribution in [0, 0.1) is 0 Å². The van der Waals surface area contributed by atoms with Gasteiger partial charge < -0.3 is 4.74 Å². The highest BCUT2D eigenvalue weighted by molar-refractivity contribution is 7.89. The fraction of sp³-hybridized carbons (Fsp3) is 0.278. The van der Waals surface area contributed by atoms with Crippen molar-refractivity contribution in [2.75, 3.05) is 13.1 Å². The molecule has 1 heterocycles. The number of rotatable bonds is 5. The van der Waals surface area contributed by atoms with Crippen molar-refractivity contribution in [1.82, 2.24) is 4.31 Å². The molecule has 0 saturated carbocycles. The highest BCUT2D eigenvalue weighted by Gasteiger charge is 2.30. The van der Waals surface area contributed by atoms with Gasteiger partial charge in [-0.05, 0) is 43.2 Å². The molecule has 0 aromatic heterocycles. The number of sulfonamides is 1. The minimum atomic E-state index is -3.75. The Labute approximate surface area is 172 Å². The van der Waals surface area contributed by atoms with Crippen molar-refractivity contribution in [3.05, 3.63) is 62.6 Å². The van der Waals surface area contributed by atoms with Gasteiger partial charge in [-0.15, -0.1) is 0 Å². The predicted molar refractivity (Wildman–Crippen MR) is 105 cm³/mol. The molecular formula is C18H16Cl3NO4S. The van der Waals surface area contributed by atoms with E-state index in [2.05, 4.69) is 0 Å². The maximum absolute atomic E-state index is 12.7. The third kappa shape index (κ3) is 4.58. The SMILES string of the molecule is O=C(OCc1ccc(Cl)cc1Cl)c1ccc(Cl)c(S(=O)(=O)N2CCCC2)c1. The van der Waals surface area contributed by atoms with Gasteiger partial charge in [0.2, 0.25) is 10.0 Å². The molecular weight excluding hydrogens is 433 g/mol. The summed E-state index contributed by atoms with van der Waals surface area (Å²) in [6.07, 6.45) is 1.61. The van der Waals surface area contributed by atoms with E-state index < -0.39 is 16.0 Å². The lowest BCUT2D eigenvalue weighted by molar-refractivity contribution is 0.0472. The molecule has 2 aromatic carbocycles. The van der Waals surface area contributed by atoms with Crippen molar-refractivity contribution >= 4 is 50.8 Å². The van der Waals surface area contributed by atoms with Crippen molar-refractivity contribution in [3.63, 3.8) is 0 Å². The van der Waals surface area contributed by atoms with Crippen LogP contribution in [0.25, 0.3) is 0 Å². The number of esters is 1. The molecule has 1 saturated heterocycles. The second-order valence-corrected chi connectivity index (χ2v) is 9.23. The van der Waals surface area contributed by atoms with Crippen LogP contribution in [0.2, 0.25) is 15.1 Å². The third-order valence-corrected chi connectivity index (χ3v) is 7.19. The lowest BCUT2D eigenvalue weighted by Crippen LogP contribution is -2.28. The highest BCUT2D eigenvalue weighted by Crippen LogP contribution is 2.28. The van der Waals surface area contributed by atoms with Crippen LogP contribution in [-0.2, 0) is 21.4 Å². The molecule has 1 aliphatic rings. The van der Waals surface area contributed by atoms with Gasteiger partial charge in [0.25, 0.3) is 0 Å². The van der Waals surface area contributed by atoms with Gasteiger partial charge in [0, 0.05) is 28.7 Å². The highest BCUT2D eigenvalue weighted by atomic mass is 35.5. The normalized spacial score (nSPS) is 15.1. The fourth-order valence-electron chi connectivity index (χ4n) is 2.76. The van der Waals surface area contributed by atoms with Crippen LogP contribution in [0.5, 0.6) is 0 Å². The predicted octanol–water partition coefficient (Wildman–Crippen LogP) is 4.79. The van der Waals surface area contributed by atoms with Crippen LogP contribution in [0.3, 0.4) is 0 Å². The number of ether oxygens (including phenoxy) is 1. The van der Waals surface area contributed by atoms with Gasteiger partial charge in [-0.3, -0.25) is 0 Å². The lowest BCUT2D eigenvalue weighted by Gasteiger charge is -2.17. The summed E-state index contributed by atoms with van der Waals surface area (Å²) in [4.78, 5) is 12.3. The summed E-state index contributed by atoms with van der Waals surface area (Å²) in [5, 5.41) is 0.924. The molecule has 9 heteroatoms. The molecule has 2 aromatic rings. The van der Waals surface area contributed by atoms with E-state index >= 15 is 0 Å². The largest absolute Gasteiger partial charge is 0.457 e. The standard InChI is InChI=1S/C18H16Cl3NO4S/c19-14-5-3-13(16(21)10-14)11-26-18(23)12-4-6-15(20)17(9-12)27(24,25)22-7-1-2-8-22/h3-6,9-10H,1-2,7-8,11H2. The summed E-state index contributed by atoms with van der Waals surface area (Å²) in [6, 6.07) is 8.91. The van der Waals surface area contributed by atoms with Gasteiger partial charge in [-0.1, -0.05) is 40.9 Å². The van der Waals surface area contributed by atoms with E-state index in [9.17, 15) is 13.2 Å². The summed E-state index contributed by atoms with van der Waals surface area (Å²) in [7, 11) is -3.75. The van der Waals surface area contributed by atoms with E-state index in [0.717, 1.165) is 12.8 Å². The quantitative estimate of drug-likeness (QED) is 0.617. The number of hydrogen-bond acceptors (Lipinski definition) is 4. The first-order valence-electron chi connectivity index (χ1n) is 8.20.